The summed E-state index contributed by atoms with van der Waals surface area (Å²) in [6.07, 6.45) is 3.84. The van der Waals surface area contributed by atoms with Crippen LogP contribution in [0.3, 0.4) is 0 Å². The molecule has 0 aromatic heterocycles. The first-order valence-corrected chi connectivity index (χ1v) is 10.5. The van der Waals surface area contributed by atoms with Gasteiger partial charge in [-0.3, -0.25) is 0 Å². The fraction of sp³-hybridized carbons (Fsp3) is 0.667. The van der Waals surface area contributed by atoms with Crippen molar-refractivity contribution in [2.75, 3.05) is 19.8 Å². The zero-order valence-electron chi connectivity index (χ0n) is 15.8. The van der Waals surface area contributed by atoms with E-state index in [-0.39, 0.29) is 23.2 Å². The van der Waals surface area contributed by atoms with Crippen molar-refractivity contribution in [2.45, 2.75) is 56.9 Å². The number of hydrogen-bond acceptors (Lipinski definition) is 5. The number of halogens is 1. The molecule has 0 saturated heterocycles. The molecule has 8 heteroatoms. The van der Waals surface area contributed by atoms with Gasteiger partial charge in [0.15, 0.2) is 11.5 Å². The first kappa shape index (κ1) is 23.0. The highest BCUT2D eigenvalue weighted by Crippen LogP contribution is 2.35. The molecule has 0 aliphatic heterocycles. The Morgan fingerprint density at radius 3 is 2.42 bits per heavy atom. The van der Waals surface area contributed by atoms with E-state index >= 15 is 0 Å². The average Bonchev–Trinajstić information content (AvgIpc) is 2.58. The number of hydrogen-bond donors (Lipinski definition) is 2. The lowest BCUT2D eigenvalue weighted by atomic mass is 9.74. The van der Waals surface area contributed by atoms with Crippen LogP contribution in [0.25, 0.3) is 0 Å². The summed E-state index contributed by atoms with van der Waals surface area (Å²) in [5.74, 6) is 1.18. The van der Waals surface area contributed by atoms with Crippen molar-refractivity contribution >= 4 is 22.4 Å². The van der Waals surface area contributed by atoms with Gasteiger partial charge in [0.2, 0.25) is 10.0 Å². The van der Waals surface area contributed by atoms with E-state index in [1.807, 2.05) is 13.8 Å². The van der Waals surface area contributed by atoms with Crippen LogP contribution in [0.4, 0.5) is 0 Å². The summed E-state index contributed by atoms with van der Waals surface area (Å²) in [6.45, 7) is 7.00. The van der Waals surface area contributed by atoms with Gasteiger partial charge in [0.1, 0.15) is 0 Å². The zero-order chi connectivity index (χ0) is 18.5. The second-order valence-corrected chi connectivity index (χ2v) is 8.27. The molecule has 6 nitrogen and oxygen atoms in total. The van der Waals surface area contributed by atoms with E-state index in [4.69, 9.17) is 15.2 Å². The molecule has 0 bridgehead atoms. The Bertz CT molecular complexity index is 684. The third-order valence-electron chi connectivity index (χ3n) is 4.98. The first-order chi connectivity index (χ1) is 11.9. The number of sulfonamides is 1. The lowest BCUT2D eigenvalue weighted by Crippen LogP contribution is -2.58. The van der Waals surface area contributed by atoms with Crippen molar-refractivity contribution in [1.29, 1.82) is 0 Å². The van der Waals surface area contributed by atoms with E-state index in [0.29, 0.717) is 31.3 Å². The quantitative estimate of drug-likeness (QED) is 0.692. The van der Waals surface area contributed by atoms with Crippen LogP contribution in [0.2, 0.25) is 0 Å². The molecule has 1 fully saturated rings. The Morgan fingerprint density at radius 2 is 1.85 bits per heavy atom. The molecule has 0 heterocycles. The van der Waals surface area contributed by atoms with E-state index < -0.39 is 15.6 Å². The molecular formula is C18H31ClN2O4S. The van der Waals surface area contributed by atoms with Crippen LogP contribution in [-0.2, 0) is 10.0 Å². The SMILES string of the molecule is CCOc1ccc(S(=O)(=O)NC2(CN)CCCCC2C)cc1OCC.Cl. The van der Waals surface area contributed by atoms with Crippen LogP contribution < -0.4 is 19.9 Å². The maximum absolute atomic E-state index is 13.0. The molecule has 2 rings (SSSR count). The molecule has 2 atom stereocenters. The molecule has 0 spiro atoms. The van der Waals surface area contributed by atoms with Crippen molar-refractivity contribution in [3.8, 4) is 11.5 Å². The molecule has 3 N–H and O–H groups in total. The maximum Gasteiger partial charge on any atom is 0.241 e. The Balaban J connectivity index is 0.00000338. The van der Waals surface area contributed by atoms with E-state index in [0.717, 1.165) is 25.7 Å². The second kappa shape index (κ2) is 9.78. The Morgan fingerprint density at radius 1 is 1.19 bits per heavy atom. The summed E-state index contributed by atoms with van der Waals surface area (Å²) in [5, 5.41) is 0. The molecule has 150 valence electrons. The van der Waals surface area contributed by atoms with Crippen LogP contribution in [0.5, 0.6) is 11.5 Å². The highest BCUT2D eigenvalue weighted by atomic mass is 35.5. The zero-order valence-corrected chi connectivity index (χ0v) is 17.4. The number of nitrogens with two attached hydrogens (primary N) is 1. The number of rotatable bonds is 8. The van der Waals surface area contributed by atoms with Gasteiger partial charge in [-0.15, -0.1) is 12.4 Å². The first-order valence-electron chi connectivity index (χ1n) is 9.02. The van der Waals surface area contributed by atoms with Gasteiger partial charge < -0.3 is 15.2 Å². The predicted octanol–water partition coefficient (Wildman–Crippen LogP) is 3.09. The van der Waals surface area contributed by atoms with Crippen molar-refractivity contribution in [1.82, 2.24) is 4.72 Å². The number of benzene rings is 1. The summed E-state index contributed by atoms with van der Waals surface area (Å²) >= 11 is 0. The van der Waals surface area contributed by atoms with E-state index in [9.17, 15) is 8.42 Å². The Kier molecular flexibility index (Phi) is 8.66. The minimum absolute atomic E-state index is 0. The average molecular weight is 407 g/mol. The van der Waals surface area contributed by atoms with E-state index in [2.05, 4.69) is 11.6 Å². The molecule has 0 amide bonds. The molecule has 26 heavy (non-hydrogen) atoms. The number of nitrogens with one attached hydrogen (secondary N) is 1. The Labute approximate surface area is 163 Å². The summed E-state index contributed by atoms with van der Waals surface area (Å²) in [5.41, 5.74) is 5.40. The second-order valence-electron chi connectivity index (χ2n) is 6.59. The summed E-state index contributed by atoms with van der Waals surface area (Å²) < 4.78 is 39.9. The van der Waals surface area contributed by atoms with Gasteiger partial charge in [0.05, 0.1) is 18.1 Å². The molecule has 1 aliphatic carbocycles. The third kappa shape index (κ3) is 5.03. The predicted molar refractivity (Wildman–Crippen MR) is 106 cm³/mol. The normalized spacial score (nSPS) is 23.2. The topological polar surface area (TPSA) is 90.7 Å². The van der Waals surface area contributed by atoms with E-state index in [1.54, 1.807) is 12.1 Å². The van der Waals surface area contributed by atoms with Gasteiger partial charge >= 0.3 is 0 Å². The Hall–Kier alpha value is -1.02. The lowest BCUT2D eigenvalue weighted by Gasteiger charge is -2.42. The molecule has 2 unspecified atom stereocenters. The van der Waals surface area contributed by atoms with Gasteiger partial charge in [-0.25, -0.2) is 13.1 Å². The van der Waals surface area contributed by atoms with Crippen molar-refractivity contribution in [2.24, 2.45) is 11.7 Å². The largest absolute Gasteiger partial charge is 0.490 e. The monoisotopic (exact) mass is 406 g/mol. The molecule has 1 aliphatic rings. The maximum atomic E-state index is 13.0. The van der Waals surface area contributed by atoms with Crippen LogP contribution in [0.1, 0.15) is 46.5 Å². The fourth-order valence-electron chi connectivity index (χ4n) is 3.44. The summed E-state index contributed by atoms with van der Waals surface area (Å²) in [7, 11) is -3.70. The molecular weight excluding hydrogens is 376 g/mol. The summed E-state index contributed by atoms with van der Waals surface area (Å²) in [4.78, 5) is 0.171. The van der Waals surface area contributed by atoms with Crippen molar-refractivity contribution < 1.29 is 17.9 Å². The van der Waals surface area contributed by atoms with Gasteiger partial charge in [-0.1, -0.05) is 19.8 Å². The van der Waals surface area contributed by atoms with Gasteiger partial charge in [-0.2, -0.15) is 0 Å². The van der Waals surface area contributed by atoms with Gasteiger partial charge in [0.25, 0.3) is 0 Å². The van der Waals surface area contributed by atoms with Crippen LogP contribution in [0, 0.1) is 5.92 Å². The third-order valence-corrected chi connectivity index (χ3v) is 6.53. The molecule has 0 radical (unpaired) electrons. The highest BCUT2D eigenvalue weighted by molar-refractivity contribution is 7.89. The van der Waals surface area contributed by atoms with Gasteiger partial charge in [-0.05, 0) is 44.7 Å². The van der Waals surface area contributed by atoms with E-state index in [1.165, 1.54) is 6.07 Å². The van der Waals surface area contributed by atoms with Crippen molar-refractivity contribution in [3.05, 3.63) is 18.2 Å². The molecule has 1 saturated carbocycles. The van der Waals surface area contributed by atoms with Crippen molar-refractivity contribution in [3.63, 3.8) is 0 Å². The number of ether oxygens (including phenoxy) is 2. The highest BCUT2D eigenvalue weighted by Gasteiger charge is 2.40. The smallest absolute Gasteiger partial charge is 0.241 e. The summed E-state index contributed by atoms with van der Waals surface area (Å²) in [6, 6.07) is 4.71. The minimum atomic E-state index is -3.70. The standard InChI is InChI=1S/C18H30N2O4S.ClH/c1-4-23-16-10-9-15(12-17(16)24-5-2)25(21,22)20-18(13-19)11-7-6-8-14(18)3;/h9-10,12,14,20H,4-8,11,13,19H2,1-3H3;1H. The van der Waals surface area contributed by atoms with Crippen LogP contribution in [0.15, 0.2) is 23.1 Å². The fourth-order valence-corrected chi connectivity index (χ4v) is 4.98. The molecule has 1 aromatic rings. The van der Waals surface area contributed by atoms with Crippen LogP contribution in [-0.4, -0.2) is 33.7 Å². The molecule has 1 aromatic carbocycles. The van der Waals surface area contributed by atoms with Crippen LogP contribution >= 0.6 is 12.4 Å². The lowest BCUT2D eigenvalue weighted by molar-refractivity contribution is 0.191. The van der Waals surface area contributed by atoms with Gasteiger partial charge in [0, 0.05) is 18.2 Å². The minimum Gasteiger partial charge on any atom is -0.490 e.